The van der Waals surface area contributed by atoms with Gasteiger partial charge in [-0.3, -0.25) is 0 Å². The molecule has 0 atom stereocenters. The maximum atomic E-state index is 14.3. The Morgan fingerprint density at radius 3 is 1.32 bits per heavy atom. The first-order valence-electron chi connectivity index (χ1n) is 14.7. The smallest absolute Gasteiger partial charge is 0.166 e. The van der Waals surface area contributed by atoms with Crippen molar-refractivity contribution in [2.24, 2.45) is 0 Å². The molecular weight excluding hydrogens is 568 g/mol. The van der Waals surface area contributed by atoms with Crippen LogP contribution in [0.1, 0.15) is 11.1 Å². The molecule has 0 unspecified atom stereocenters. The van der Waals surface area contributed by atoms with Gasteiger partial charge in [-0.2, -0.15) is 13.2 Å². The molecule has 210 valence electrons. The van der Waals surface area contributed by atoms with E-state index < -0.39 is 19.7 Å². The lowest BCUT2D eigenvalue weighted by atomic mass is 9.94. The van der Waals surface area contributed by atoms with Crippen molar-refractivity contribution in [3.8, 4) is 0 Å². The fourth-order valence-electron chi connectivity index (χ4n) is 7.29. The van der Waals surface area contributed by atoms with Gasteiger partial charge in [0.15, 0.2) is 0 Å². The van der Waals surface area contributed by atoms with E-state index in [1.807, 2.05) is 6.07 Å². The quantitative estimate of drug-likeness (QED) is 0.141. The van der Waals surface area contributed by atoms with Crippen LogP contribution >= 0.6 is 7.92 Å². The molecule has 0 saturated carbocycles. The summed E-state index contributed by atoms with van der Waals surface area (Å²) < 4.78 is 42.8. The predicted octanol–water partition coefficient (Wildman–Crippen LogP) is 10.6. The zero-order valence-electron chi connectivity index (χ0n) is 23.7. The molecule has 4 heteroatoms. The highest BCUT2D eigenvalue weighted by Gasteiger charge is 2.33. The molecule has 0 aliphatic rings. The first kappa shape index (κ1) is 25.7. The zero-order valence-corrected chi connectivity index (χ0v) is 24.6. The summed E-state index contributed by atoms with van der Waals surface area (Å²) in [5, 5.41) is 16.7. The van der Waals surface area contributed by atoms with Crippen molar-refractivity contribution >= 4 is 88.5 Å². The Kier molecular flexibility index (Phi) is 5.35. The van der Waals surface area contributed by atoms with Gasteiger partial charge in [-0.1, -0.05) is 115 Å². The van der Waals surface area contributed by atoms with E-state index in [2.05, 4.69) is 109 Å². The Morgan fingerprint density at radius 2 is 0.864 bits per heavy atom. The van der Waals surface area contributed by atoms with Crippen molar-refractivity contribution in [2.75, 3.05) is 0 Å². The summed E-state index contributed by atoms with van der Waals surface area (Å²) in [6.07, 6.45) is -4.44. The molecule has 0 nitrogen and oxygen atoms in total. The number of hydrogen-bond donors (Lipinski definition) is 0. The maximum absolute atomic E-state index is 14.3. The molecule has 9 aromatic carbocycles. The standard InChI is InChI=1S/C40H24F3P/c1-23-20-30(40(41,42)43)22-31(21-23)44(34-18-14-28-10-8-24-4-2-6-26-12-16-32(34)38(28)36(24)26)35-19-15-29-11-9-25-5-3-7-27-13-17-33(35)39(29)37(25)27/h2-22H,1H3. The van der Waals surface area contributed by atoms with Crippen LogP contribution in [-0.4, -0.2) is 0 Å². The van der Waals surface area contributed by atoms with E-state index in [1.165, 1.54) is 55.2 Å². The second kappa shape index (κ2) is 9.14. The minimum Gasteiger partial charge on any atom is -0.166 e. The molecule has 0 amide bonds. The van der Waals surface area contributed by atoms with Crippen LogP contribution < -0.4 is 15.9 Å². The summed E-state index contributed by atoms with van der Waals surface area (Å²) in [6, 6.07) is 43.2. The van der Waals surface area contributed by atoms with Crippen molar-refractivity contribution in [3.05, 3.63) is 139 Å². The van der Waals surface area contributed by atoms with Gasteiger partial charge in [0.1, 0.15) is 0 Å². The van der Waals surface area contributed by atoms with Crippen LogP contribution in [0.3, 0.4) is 0 Å². The Labute approximate surface area is 252 Å². The van der Waals surface area contributed by atoms with Gasteiger partial charge in [-0.05, 0) is 113 Å². The van der Waals surface area contributed by atoms with Crippen LogP contribution in [0, 0.1) is 6.92 Å². The normalized spacial score (nSPS) is 12.8. The van der Waals surface area contributed by atoms with Crippen LogP contribution in [0.4, 0.5) is 13.2 Å². The van der Waals surface area contributed by atoms with Crippen molar-refractivity contribution in [2.45, 2.75) is 13.1 Å². The third-order valence-electron chi connectivity index (χ3n) is 9.14. The van der Waals surface area contributed by atoms with Gasteiger partial charge in [0.2, 0.25) is 0 Å². The van der Waals surface area contributed by atoms with Gasteiger partial charge in [0, 0.05) is 0 Å². The monoisotopic (exact) mass is 592 g/mol. The highest BCUT2D eigenvalue weighted by molar-refractivity contribution is 7.80. The van der Waals surface area contributed by atoms with E-state index in [-0.39, 0.29) is 0 Å². The summed E-state index contributed by atoms with van der Waals surface area (Å²) in [7, 11) is -1.38. The Bertz CT molecular complexity index is 2380. The third-order valence-corrected chi connectivity index (χ3v) is 11.7. The van der Waals surface area contributed by atoms with Crippen molar-refractivity contribution < 1.29 is 13.2 Å². The summed E-state index contributed by atoms with van der Waals surface area (Å²) in [5.41, 5.74) is 0.00757. The van der Waals surface area contributed by atoms with Crippen molar-refractivity contribution in [1.82, 2.24) is 0 Å². The molecule has 0 bridgehead atoms. The maximum Gasteiger partial charge on any atom is 0.416 e. The van der Waals surface area contributed by atoms with Gasteiger partial charge >= 0.3 is 6.18 Å². The highest BCUT2D eigenvalue weighted by atomic mass is 31.1. The first-order valence-corrected chi connectivity index (χ1v) is 16.0. The zero-order chi connectivity index (χ0) is 29.7. The van der Waals surface area contributed by atoms with Crippen LogP contribution in [0.2, 0.25) is 0 Å². The molecule has 9 rings (SSSR count). The van der Waals surface area contributed by atoms with E-state index in [0.717, 1.165) is 32.2 Å². The van der Waals surface area contributed by atoms with Crippen molar-refractivity contribution in [1.29, 1.82) is 0 Å². The van der Waals surface area contributed by atoms with Gasteiger partial charge in [-0.25, -0.2) is 0 Å². The van der Waals surface area contributed by atoms with E-state index in [4.69, 9.17) is 0 Å². The average molecular weight is 593 g/mol. The molecule has 0 aliphatic heterocycles. The Balaban J connectivity index is 1.43. The summed E-state index contributed by atoms with van der Waals surface area (Å²) >= 11 is 0. The lowest BCUT2D eigenvalue weighted by molar-refractivity contribution is -0.137. The molecule has 9 aromatic rings. The summed E-state index contributed by atoms with van der Waals surface area (Å²) in [5.74, 6) is 0. The second-order valence-corrected chi connectivity index (χ2v) is 13.9. The first-order chi connectivity index (χ1) is 21.3. The van der Waals surface area contributed by atoms with Gasteiger partial charge < -0.3 is 0 Å². The molecule has 44 heavy (non-hydrogen) atoms. The minimum absolute atomic E-state index is 0.601. The molecule has 0 aromatic heterocycles. The van der Waals surface area contributed by atoms with Gasteiger partial charge in [0.05, 0.1) is 5.56 Å². The number of rotatable bonds is 3. The predicted molar refractivity (Wildman–Crippen MR) is 182 cm³/mol. The molecule has 0 radical (unpaired) electrons. The van der Waals surface area contributed by atoms with Gasteiger partial charge in [0.25, 0.3) is 0 Å². The molecule has 0 heterocycles. The van der Waals surface area contributed by atoms with E-state index >= 15 is 0 Å². The fraction of sp³-hybridized carbons (Fsp3) is 0.0500. The van der Waals surface area contributed by atoms with E-state index in [1.54, 1.807) is 6.92 Å². The second-order valence-electron chi connectivity index (χ2n) is 11.8. The average Bonchev–Trinajstić information content (AvgIpc) is 3.03. The lowest BCUT2D eigenvalue weighted by Crippen LogP contribution is -2.24. The van der Waals surface area contributed by atoms with E-state index in [9.17, 15) is 13.2 Å². The summed E-state index contributed by atoms with van der Waals surface area (Å²) in [4.78, 5) is 0. The van der Waals surface area contributed by atoms with Crippen LogP contribution in [0.25, 0.3) is 64.6 Å². The summed E-state index contributed by atoms with van der Waals surface area (Å²) in [6.45, 7) is 1.76. The Morgan fingerprint density at radius 1 is 0.455 bits per heavy atom. The number of halogens is 3. The molecule has 0 N–H and O–H groups in total. The van der Waals surface area contributed by atoms with Crippen LogP contribution in [0.5, 0.6) is 0 Å². The van der Waals surface area contributed by atoms with Crippen LogP contribution in [-0.2, 0) is 6.18 Å². The Hall–Kier alpha value is -4.72. The molecule has 0 saturated heterocycles. The van der Waals surface area contributed by atoms with Gasteiger partial charge in [-0.15, -0.1) is 0 Å². The largest absolute Gasteiger partial charge is 0.416 e. The van der Waals surface area contributed by atoms with Crippen LogP contribution in [0.15, 0.2) is 127 Å². The highest BCUT2D eigenvalue weighted by Crippen LogP contribution is 2.45. The number of alkyl halides is 3. The molecule has 0 spiro atoms. The third kappa shape index (κ3) is 3.69. The minimum atomic E-state index is -4.44. The fourth-order valence-corrected chi connectivity index (χ4v) is 10.0. The molecular formula is C40H24F3P. The molecule has 0 aliphatic carbocycles. The van der Waals surface area contributed by atoms with Crippen molar-refractivity contribution in [3.63, 3.8) is 0 Å². The van der Waals surface area contributed by atoms with E-state index in [0.29, 0.717) is 10.9 Å². The molecule has 0 fully saturated rings. The SMILES string of the molecule is Cc1cc(P(c2ccc3ccc4cccc5ccc2c3c45)c2ccc3ccc4cccc5ccc2c3c45)cc(C(F)(F)F)c1. The topological polar surface area (TPSA) is 0 Å². The number of hydrogen-bond acceptors (Lipinski definition) is 0. The number of aryl methyl sites for hydroxylation is 1. The number of benzene rings is 9. The lowest BCUT2D eigenvalue weighted by Gasteiger charge is -2.26.